The van der Waals surface area contributed by atoms with Crippen molar-refractivity contribution in [2.24, 2.45) is 11.7 Å². The van der Waals surface area contributed by atoms with Gasteiger partial charge in [-0.2, -0.15) is 0 Å². The highest BCUT2D eigenvalue weighted by Gasteiger charge is 2.28. The molecule has 0 aromatic rings. The Morgan fingerprint density at radius 2 is 1.72 bits per heavy atom. The number of carbonyl (C=O) groups is 1. The minimum absolute atomic E-state index is 0.164. The van der Waals surface area contributed by atoms with Gasteiger partial charge in [0.1, 0.15) is 0 Å². The van der Waals surface area contributed by atoms with Crippen molar-refractivity contribution >= 4 is 5.91 Å². The van der Waals surface area contributed by atoms with E-state index in [2.05, 4.69) is 0 Å². The molecule has 2 fully saturated rings. The molecule has 1 aliphatic carbocycles. The maximum atomic E-state index is 12.3. The van der Waals surface area contributed by atoms with Crippen molar-refractivity contribution in [3.05, 3.63) is 0 Å². The zero-order chi connectivity index (χ0) is 13.1. The van der Waals surface area contributed by atoms with E-state index in [0.717, 1.165) is 38.8 Å². The summed E-state index contributed by atoms with van der Waals surface area (Å²) in [6.07, 6.45) is 5.41. The molecule has 0 radical (unpaired) electrons. The van der Waals surface area contributed by atoms with E-state index in [1.807, 2.05) is 18.7 Å². The van der Waals surface area contributed by atoms with Gasteiger partial charge < -0.3 is 15.4 Å². The highest BCUT2D eigenvalue weighted by Crippen LogP contribution is 2.27. The van der Waals surface area contributed by atoms with Crippen molar-refractivity contribution in [2.75, 3.05) is 13.1 Å². The number of rotatable bonds is 2. The van der Waals surface area contributed by atoms with Crippen LogP contribution in [-0.4, -0.2) is 42.1 Å². The molecule has 0 aromatic carbocycles. The summed E-state index contributed by atoms with van der Waals surface area (Å²) < 4.78 is 5.66. The van der Waals surface area contributed by atoms with Crippen molar-refractivity contribution in [3.63, 3.8) is 0 Å². The topological polar surface area (TPSA) is 55.6 Å². The second-order valence-electron chi connectivity index (χ2n) is 6.04. The molecule has 2 N–H and O–H groups in total. The molecule has 1 heterocycles. The van der Waals surface area contributed by atoms with Crippen LogP contribution < -0.4 is 5.73 Å². The summed E-state index contributed by atoms with van der Waals surface area (Å²) in [5.41, 5.74) is 5.90. The lowest BCUT2D eigenvalue weighted by Crippen LogP contribution is -2.48. The Bertz CT molecular complexity index is 278. The Balaban J connectivity index is 1.80. The predicted octanol–water partition coefficient (Wildman–Crippen LogP) is 1.53. The van der Waals surface area contributed by atoms with E-state index in [1.165, 1.54) is 0 Å². The third-order valence-corrected chi connectivity index (χ3v) is 4.13. The first-order valence-corrected chi connectivity index (χ1v) is 7.23. The monoisotopic (exact) mass is 254 g/mol. The maximum absolute atomic E-state index is 12.3. The van der Waals surface area contributed by atoms with E-state index in [1.54, 1.807) is 0 Å². The Kier molecular flexibility index (Phi) is 4.62. The number of amides is 1. The maximum Gasteiger partial charge on any atom is 0.223 e. The Hall–Kier alpha value is -0.610. The molecule has 4 heteroatoms. The van der Waals surface area contributed by atoms with Gasteiger partial charge in [0.2, 0.25) is 5.91 Å². The summed E-state index contributed by atoms with van der Waals surface area (Å²) in [5, 5.41) is 0. The van der Waals surface area contributed by atoms with E-state index >= 15 is 0 Å². The third kappa shape index (κ3) is 3.69. The SMILES string of the molecule is C[C@@H]1CN(C(=O)CC2CCC(N)CC2)C[C@H](C)O1. The Labute approximate surface area is 110 Å². The highest BCUT2D eigenvalue weighted by molar-refractivity contribution is 5.76. The smallest absolute Gasteiger partial charge is 0.223 e. The summed E-state index contributed by atoms with van der Waals surface area (Å²) in [6, 6.07) is 0.361. The van der Waals surface area contributed by atoms with E-state index in [9.17, 15) is 4.79 Å². The van der Waals surface area contributed by atoms with Gasteiger partial charge in [0, 0.05) is 25.6 Å². The minimum atomic E-state index is 0.164. The van der Waals surface area contributed by atoms with Gasteiger partial charge in [-0.25, -0.2) is 0 Å². The van der Waals surface area contributed by atoms with Gasteiger partial charge in [-0.15, -0.1) is 0 Å². The van der Waals surface area contributed by atoms with E-state index in [4.69, 9.17) is 10.5 Å². The summed E-state index contributed by atoms with van der Waals surface area (Å²) in [6.45, 7) is 5.57. The van der Waals surface area contributed by atoms with Crippen molar-refractivity contribution in [3.8, 4) is 0 Å². The van der Waals surface area contributed by atoms with Gasteiger partial charge in [0.05, 0.1) is 12.2 Å². The fourth-order valence-corrected chi connectivity index (χ4v) is 3.15. The van der Waals surface area contributed by atoms with Gasteiger partial charge in [0.15, 0.2) is 0 Å². The Morgan fingerprint density at radius 1 is 1.17 bits per heavy atom. The second kappa shape index (κ2) is 6.02. The van der Waals surface area contributed by atoms with Crippen LogP contribution in [0, 0.1) is 5.92 Å². The van der Waals surface area contributed by atoms with Gasteiger partial charge in [-0.3, -0.25) is 4.79 Å². The lowest BCUT2D eigenvalue weighted by molar-refractivity contribution is -0.144. The second-order valence-corrected chi connectivity index (χ2v) is 6.04. The van der Waals surface area contributed by atoms with Crippen molar-refractivity contribution < 1.29 is 9.53 Å². The summed E-state index contributed by atoms with van der Waals surface area (Å²) in [5.74, 6) is 0.850. The normalized spacial score (nSPS) is 37.6. The molecule has 0 bridgehead atoms. The first kappa shape index (κ1) is 13.8. The molecular formula is C14H26N2O2. The average Bonchev–Trinajstić information content (AvgIpc) is 2.31. The van der Waals surface area contributed by atoms with Crippen LogP contribution in [0.2, 0.25) is 0 Å². The standard InChI is InChI=1S/C14H26N2O2/c1-10-8-16(9-11(2)18-10)14(17)7-12-3-5-13(15)6-4-12/h10-13H,3-9,15H2,1-2H3/t10-,11+,12?,13?. The van der Waals surface area contributed by atoms with Gasteiger partial charge in [-0.05, 0) is 45.4 Å². The van der Waals surface area contributed by atoms with Gasteiger partial charge in [0.25, 0.3) is 0 Å². The third-order valence-electron chi connectivity index (χ3n) is 4.13. The zero-order valence-corrected chi connectivity index (χ0v) is 11.6. The van der Waals surface area contributed by atoms with Crippen LogP contribution in [-0.2, 0) is 9.53 Å². The molecule has 0 unspecified atom stereocenters. The molecule has 1 aliphatic heterocycles. The predicted molar refractivity (Wildman–Crippen MR) is 71.1 cm³/mol. The number of carbonyl (C=O) groups excluding carboxylic acids is 1. The van der Waals surface area contributed by atoms with Crippen LogP contribution in [0.1, 0.15) is 46.0 Å². The number of nitrogens with two attached hydrogens (primary N) is 1. The number of ether oxygens (including phenoxy) is 1. The van der Waals surface area contributed by atoms with E-state index in [-0.39, 0.29) is 12.2 Å². The first-order valence-electron chi connectivity index (χ1n) is 7.23. The van der Waals surface area contributed by atoms with E-state index < -0.39 is 0 Å². The van der Waals surface area contributed by atoms with Crippen LogP contribution in [0.25, 0.3) is 0 Å². The number of hydrogen-bond acceptors (Lipinski definition) is 3. The average molecular weight is 254 g/mol. The van der Waals surface area contributed by atoms with Crippen molar-refractivity contribution in [1.29, 1.82) is 0 Å². The largest absolute Gasteiger partial charge is 0.372 e. The summed E-state index contributed by atoms with van der Waals surface area (Å²) in [4.78, 5) is 14.3. The van der Waals surface area contributed by atoms with Gasteiger partial charge >= 0.3 is 0 Å². The molecule has 0 aromatic heterocycles. The van der Waals surface area contributed by atoms with E-state index in [0.29, 0.717) is 24.3 Å². The quantitative estimate of drug-likeness (QED) is 0.813. The molecule has 1 saturated heterocycles. The first-order chi connectivity index (χ1) is 8.54. The molecule has 2 rings (SSSR count). The van der Waals surface area contributed by atoms with Crippen LogP contribution in [0.3, 0.4) is 0 Å². The molecule has 0 spiro atoms. The minimum Gasteiger partial charge on any atom is -0.372 e. The molecule has 1 saturated carbocycles. The fourth-order valence-electron chi connectivity index (χ4n) is 3.15. The fraction of sp³-hybridized carbons (Fsp3) is 0.929. The molecule has 2 atom stereocenters. The zero-order valence-electron chi connectivity index (χ0n) is 11.6. The Morgan fingerprint density at radius 3 is 2.28 bits per heavy atom. The van der Waals surface area contributed by atoms with Crippen molar-refractivity contribution in [1.82, 2.24) is 4.90 Å². The lowest BCUT2D eigenvalue weighted by atomic mass is 9.84. The van der Waals surface area contributed by atoms with Crippen LogP contribution in [0.15, 0.2) is 0 Å². The highest BCUT2D eigenvalue weighted by atomic mass is 16.5. The van der Waals surface area contributed by atoms with Crippen molar-refractivity contribution in [2.45, 2.75) is 64.2 Å². The molecule has 18 heavy (non-hydrogen) atoms. The number of morpholine rings is 1. The molecular weight excluding hydrogens is 228 g/mol. The number of nitrogens with zero attached hydrogens (tertiary/aromatic N) is 1. The molecule has 2 aliphatic rings. The lowest BCUT2D eigenvalue weighted by Gasteiger charge is -2.36. The summed E-state index contributed by atoms with van der Waals surface area (Å²) >= 11 is 0. The summed E-state index contributed by atoms with van der Waals surface area (Å²) in [7, 11) is 0. The molecule has 4 nitrogen and oxygen atoms in total. The van der Waals surface area contributed by atoms with Crippen LogP contribution in [0.5, 0.6) is 0 Å². The number of hydrogen-bond donors (Lipinski definition) is 1. The molecule has 1 amide bonds. The van der Waals surface area contributed by atoms with Gasteiger partial charge in [-0.1, -0.05) is 0 Å². The van der Waals surface area contributed by atoms with Crippen LogP contribution >= 0.6 is 0 Å². The molecule has 104 valence electrons. The van der Waals surface area contributed by atoms with Crippen LogP contribution in [0.4, 0.5) is 0 Å².